The first kappa shape index (κ1) is 61.9. The molecule has 6 aromatic rings. The van der Waals surface area contributed by atoms with E-state index in [-0.39, 0.29) is 162 Å². The Kier molecular flexibility index (Phi) is 24.8. The summed E-state index contributed by atoms with van der Waals surface area (Å²) in [5.41, 5.74) is 1.82. The monoisotopic (exact) mass is 1410 g/mol. The Hall–Kier alpha value is 3.58. The van der Waals surface area contributed by atoms with Crippen LogP contribution in [-0.4, -0.2) is 0 Å². The molecule has 0 aliphatic heterocycles. The zero-order chi connectivity index (χ0) is 48.2. The molecule has 6 rings (SSSR count). The summed E-state index contributed by atoms with van der Waals surface area (Å²) in [4.78, 5) is 0. The van der Waals surface area contributed by atoms with Gasteiger partial charge in [-0.3, -0.25) is 0 Å². The van der Waals surface area contributed by atoms with Crippen LogP contribution in [0.25, 0.3) is 33.4 Å². The molecule has 6 aromatic carbocycles. The largest absolute Gasteiger partial charge is 0.153 e. The summed E-state index contributed by atoms with van der Waals surface area (Å²) >= 11 is 164. The molecule has 28 heteroatoms. The van der Waals surface area contributed by atoms with Gasteiger partial charge in [-0.25, -0.2) is 0 Å². The van der Waals surface area contributed by atoms with Crippen LogP contribution >= 0.6 is 323 Å². The second kappa shape index (κ2) is 25.7. The van der Waals surface area contributed by atoms with E-state index in [2.05, 4.69) is 0 Å². The van der Waals surface area contributed by atoms with Crippen molar-refractivity contribution in [2.75, 3.05) is 0 Å². The third-order valence-corrected chi connectivity index (χ3v) is 19.8. The maximum Gasteiger partial charge on any atom is 0.0809 e. The number of halogens is 27. The van der Waals surface area contributed by atoms with Gasteiger partial charge in [-0.2, -0.15) is 9.90 Å². The summed E-state index contributed by atoms with van der Waals surface area (Å²) in [5, 5.41) is 2.25. The van der Waals surface area contributed by atoms with Gasteiger partial charge >= 0.3 is 0 Å². The summed E-state index contributed by atoms with van der Waals surface area (Å²) in [5.74, 6) is 0. The molecular weight excluding hydrogens is 1420 g/mol. The van der Waals surface area contributed by atoms with Gasteiger partial charge in [-0.1, -0.05) is 313 Å². The molecule has 0 fully saturated rings. The van der Waals surface area contributed by atoms with E-state index in [1.807, 2.05) is 0 Å². The lowest BCUT2D eigenvalue weighted by atomic mass is 10.1. The van der Waals surface area contributed by atoms with Crippen LogP contribution in [0.1, 0.15) is 0 Å². The Morgan fingerprint density at radius 3 is 0.438 bits per heavy atom. The normalized spacial score (nSPS) is 10.9. The molecule has 1 unspecified atom stereocenters. The fourth-order valence-corrected chi connectivity index (χ4v) is 11.5. The fraction of sp³-hybridized carbons (Fsp3) is 0. The van der Waals surface area contributed by atoms with E-state index in [1.54, 1.807) is 0 Å². The van der Waals surface area contributed by atoms with Gasteiger partial charge in [0.25, 0.3) is 0 Å². The predicted molar refractivity (Wildman–Crippen MR) is 302 cm³/mol. The third kappa shape index (κ3) is 12.6. The molecule has 0 bridgehead atoms. The van der Waals surface area contributed by atoms with Gasteiger partial charge in [0.15, 0.2) is 0 Å². The number of hydrogen-bond acceptors (Lipinski definition) is 0. The molecule has 1 atom stereocenters. The smallest absolute Gasteiger partial charge is 0.0809 e. The van der Waals surface area contributed by atoms with Crippen molar-refractivity contribution in [3.05, 3.63) is 154 Å². The van der Waals surface area contributed by atoms with Gasteiger partial charge in [0.05, 0.1) is 136 Å². The number of benzene rings is 6. The van der Waals surface area contributed by atoms with Crippen molar-refractivity contribution in [1.29, 1.82) is 0 Å². The molecule has 0 nitrogen and oxygen atoms in total. The van der Waals surface area contributed by atoms with Crippen molar-refractivity contribution >= 4 is 323 Å². The minimum atomic E-state index is 0. The SMILES string of the molecule is Clc1cc(-c2c(Cl)c(Cl)c(Cl)c(Cl)c2Cl)c(Cl)c(Cl)c1Cl.Clc1cc(-c2c(Cl)c(Cl)c(Cl)c(Cl)c2Cl)c(Cl)c(Cl)c1Cl.Clc1cc(-c2c(Cl)c(Cl)c(Cl)c(Cl)c2Cl)c(Cl)c(Cl)c1Cl.P. The molecule has 0 heterocycles. The molecule has 0 aromatic heterocycles. The van der Waals surface area contributed by atoms with Crippen LogP contribution in [0, 0.1) is 0 Å². The van der Waals surface area contributed by atoms with Crippen LogP contribution < -0.4 is 0 Å². The first-order valence-corrected chi connectivity index (χ1v) is 25.3. The lowest BCUT2D eigenvalue weighted by Gasteiger charge is -2.15. The molecule has 0 amide bonds. The Morgan fingerprint density at radius 1 is 0.156 bits per heavy atom. The Bertz CT molecular complexity index is 2480. The zero-order valence-corrected chi connectivity index (χ0v) is 51.0. The molecule has 0 aliphatic rings. The van der Waals surface area contributed by atoms with Crippen LogP contribution in [0.4, 0.5) is 0 Å². The topological polar surface area (TPSA) is 0 Å². The minimum absolute atomic E-state index is 0. The summed E-state index contributed by atoms with van der Waals surface area (Å²) < 4.78 is 0. The lowest BCUT2D eigenvalue weighted by molar-refractivity contribution is 1.61. The Labute approximate surface area is 503 Å². The summed E-state index contributed by atoms with van der Waals surface area (Å²) in [6, 6.07) is 4.39. The van der Waals surface area contributed by atoms with Crippen molar-refractivity contribution in [2.45, 2.75) is 0 Å². The highest BCUT2D eigenvalue weighted by molar-refractivity contribution is 6.92. The highest BCUT2D eigenvalue weighted by Gasteiger charge is 2.27. The average molecular weight is 1430 g/mol. The summed E-state index contributed by atoms with van der Waals surface area (Å²) in [6.07, 6.45) is 0. The number of rotatable bonds is 3. The maximum atomic E-state index is 6.19. The summed E-state index contributed by atoms with van der Waals surface area (Å²) in [7, 11) is 0. The minimum Gasteiger partial charge on any atom is -0.153 e. The maximum absolute atomic E-state index is 6.19. The fourth-order valence-electron chi connectivity index (χ4n) is 4.79. The standard InChI is InChI=1S/3C12HCl9.H3P/c3*13-3-1-2(5(14)9(18)6(3)15)4-7(16)10(19)12(21)11(20)8(4)17;/h3*1H;1H3. The van der Waals surface area contributed by atoms with Crippen molar-refractivity contribution in [3.8, 4) is 33.4 Å². The van der Waals surface area contributed by atoms with Gasteiger partial charge in [0.1, 0.15) is 0 Å². The first-order chi connectivity index (χ1) is 29.0. The summed E-state index contributed by atoms with van der Waals surface area (Å²) in [6.45, 7) is 0. The Morgan fingerprint density at radius 2 is 0.281 bits per heavy atom. The Balaban J connectivity index is 0.000000253. The predicted octanol–water partition coefficient (Wildman–Crippen LogP) is 27.8. The lowest BCUT2D eigenvalue weighted by Crippen LogP contribution is -1.89. The van der Waals surface area contributed by atoms with Crippen LogP contribution in [0.3, 0.4) is 0 Å². The van der Waals surface area contributed by atoms with Crippen molar-refractivity contribution in [1.82, 2.24) is 0 Å². The molecule has 0 N–H and O–H groups in total. The molecule has 64 heavy (non-hydrogen) atoms. The highest BCUT2D eigenvalue weighted by Crippen LogP contribution is 2.55. The van der Waals surface area contributed by atoms with E-state index in [0.29, 0.717) is 16.7 Å². The zero-order valence-electron chi connectivity index (χ0n) is 29.1. The van der Waals surface area contributed by atoms with Gasteiger partial charge in [-0.15, -0.1) is 0 Å². The molecule has 0 spiro atoms. The van der Waals surface area contributed by atoms with Gasteiger partial charge in [-0.05, 0) is 18.2 Å². The van der Waals surface area contributed by atoms with Gasteiger partial charge < -0.3 is 0 Å². The van der Waals surface area contributed by atoms with Gasteiger partial charge in [0, 0.05) is 33.4 Å². The molecule has 0 radical (unpaired) electrons. The van der Waals surface area contributed by atoms with E-state index in [9.17, 15) is 0 Å². The van der Waals surface area contributed by atoms with Crippen LogP contribution in [-0.2, 0) is 0 Å². The van der Waals surface area contributed by atoms with Crippen molar-refractivity contribution in [2.24, 2.45) is 0 Å². The van der Waals surface area contributed by atoms with Crippen LogP contribution in [0.2, 0.25) is 136 Å². The molecule has 0 saturated heterocycles. The average Bonchev–Trinajstić information content (AvgIpc) is 3.25. The molecular formula is C36H6Cl27P. The molecule has 0 aliphatic carbocycles. The molecule has 0 saturated carbocycles. The van der Waals surface area contributed by atoms with Gasteiger partial charge in [0.2, 0.25) is 0 Å². The van der Waals surface area contributed by atoms with E-state index < -0.39 is 0 Å². The second-order valence-electron chi connectivity index (χ2n) is 11.4. The molecule has 344 valence electrons. The highest BCUT2D eigenvalue weighted by atomic mass is 35.5. The van der Waals surface area contributed by atoms with Crippen LogP contribution in [0.5, 0.6) is 0 Å². The van der Waals surface area contributed by atoms with Crippen molar-refractivity contribution in [3.63, 3.8) is 0 Å². The van der Waals surface area contributed by atoms with Crippen molar-refractivity contribution < 1.29 is 0 Å². The number of hydrogen-bond donors (Lipinski definition) is 0. The first-order valence-electron chi connectivity index (χ1n) is 15.1. The van der Waals surface area contributed by atoms with E-state index in [4.69, 9.17) is 313 Å². The van der Waals surface area contributed by atoms with E-state index in [1.165, 1.54) is 18.2 Å². The van der Waals surface area contributed by atoms with Crippen LogP contribution in [0.15, 0.2) is 18.2 Å². The third-order valence-electron chi connectivity index (χ3n) is 7.75. The quantitative estimate of drug-likeness (QED) is 0.0941. The second-order valence-corrected chi connectivity index (χ2v) is 21.7. The van der Waals surface area contributed by atoms with E-state index in [0.717, 1.165) is 0 Å². The van der Waals surface area contributed by atoms with E-state index >= 15 is 0 Å².